The highest BCUT2D eigenvalue weighted by molar-refractivity contribution is 7.21. The van der Waals surface area contributed by atoms with Crippen LogP contribution >= 0.6 is 11.3 Å². The van der Waals surface area contributed by atoms with Gasteiger partial charge in [0.15, 0.2) is 0 Å². The predicted octanol–water partition coefficient (Wildman–Crippen LogP) is 5.40. The molecule has 35 heavy (non-hydrogen) atoms. The molecule has 4 aromatic rings. The zero-order valence-corrected chi connectivity index (χ0v) is 20.4. The zero-order chi connectivity index (χ0) is 24.5. The highest BCUT2D eigenvalue weighted by Gasteiger charge is 2.29. The van der Waals surface area contributed by atoms with Gasteiger partial charge in [0.2, 0.25) is 0 Å². The summed E-state index contributed by atoms with van der Waals surface area (Å²) in [7, 11) is 0. The largest absolute Gasteiger partial charge is 0.397 e. The molecule has 1 saturated heterocycles. The van der Waals surface area contributed by atoms with Gasteiger partial charge in [-0.25, -0.2) is 4.98 Å². The Morgan fingerprint density at radius 2 is 1.80 bits per heavy atom. The van der Waals surface area contributed by atoms with Crippen LogP contribution in [0, 0.1) is 24.2 Å². The van der Waals surface area contributed by atoms with E-state index in [1.807, 2.05) is 42.2 Å². The van der Waals surface area contributed by atoms with Crippen LogP contribution in [0.3, 0.4) is 0 Å². The summed E-state index contributed by atoms with van der Waals surface area (Å²) in [6.45, 7) is 3.41. The first-order chi connectivity index (χ1) is 17.0. The lowest BCUT2D eigenvalue weighted by Crippen LogP contribution is -2.38. The van der Waals surface area contributed by atoms with Crippen LogP contribution in [-0.2, 0) is 6.42 Å². The number of anilines is 2. The molecule has 1 aliphatic heterocycles. The van der Waals surface area contributed by atoms with Crippen molar-refractivity contribution in [1.82, 2.24) is 9.88 Å². The zero-order valence-electron chi connectivity index (χ0n) is 19.6. The fourth-order valence-corrected chi connectivity index (χ4v) is 5.96. The van der Waals surface area contributed by atoms with E-state index in [4.69, 9.17) is 11.5 Å². The van der Waals surface area contributed by atoms with Gasteiger partial charge in [0.05, 0.1) is 5.69 Å². The van der Waals surface area contributed by atoms with Gasteiger partial charge >= 0.3 is 0 Å². The number of likely N-dealkylation sites (tertiary alicyclic amines) is 1. The number of carbonyl (C=O) groups is 1. The summed E-state index contributed by atoms with van der Waals surface area (Å²) >= 11 is 1.26. The van der Waals surface area contributed by atoms with Gasteiger partial charge in [-0.3, -0.25) is 4.79 Å². The number of fused-ring (bicyclic) bond motifs is 1. The normalized spacial score (nSPS) is 14.2. The van der Waals surface area contributed by atoms with Crippen LogP contribution in [0.25, 0.3) is 21.3 Å². The van der Waals surface area contributed by atoms with Gasteiger partial charge in [-0.15, -0.1) is 11.3 Å². The van der Waals surface area contributed by atoms with Gasteiger partial charge in [-0.2, -0.15) is 5.26 Å². The molecule has 1 fully saturated rings. The van der Waals surface area contributed by atoms with Crippen LogP contribution in [0.1, 0.15) is 39.2 Å². The lowest BCUT2D eigenvalue weighted by Gasteiger charge is -2.32. The molecule has 176 valence electrons. The molecule has 7 heteroatoms. The molecule has 0 spiro atoms. The molecular weight excluding hydrogens is 454 g/mol. The number of nitrogens with two attached hydrogens (primary N) is 2. The van der Waals surface area contributed by atoms with E-state index in [0.717, 1.165) is 30.4 Å². The fourth-order valence-electron chi connectivity index (χ4n) is 4.88. The summed E-state index contributed by atoms with van der Waals surface area (Å²) in [6, 6.07) is 20.5. The summed E-state index contributed by atoms with van der Waals surface area (Å²) in [5.41, 5.74) is 17.3. The third-order valence-electron chi connectivity index (χ3n) is 6.82. The number of aryl methyl sites for hydroxylation is 1. The van der Waals surface area contributed by atoms with Crippen LogP contribution in [0.15, 0.2) is 54.6 Å². The molecule has 4 N–H and O–H groups in total. The molecule has 2 aromatic carbocycles. The van der Waals surface area contributed by atoms with Crippen LogP contribution in [0.2, 0.25) is 0 Å². The van der Waals surface area contributed by atoms with Crippen molar-refractivity contribution in [1.29, 1.82) is 5.26 Å². The van der Waals surface area contributed by atoms with Gasteiger partial charge in [-0.05, 0) is 43.2 Å². The van der Waals surface area contributed by atoms with Gasteiger partial charge in [0.1, 0.15) is 27.2 Å². The number of hydrogen-bond donors (Lipinski definition) is 2. The maximum atomic E-state index is 13.5. The van der Waals surface area contributed by atoms with Crippen molar-refractivity contribution in [3.63, 3.8) is 0 Å². The number of carbonyl (C=O) groups excluding carboxylic acids is 1. The average molecular weight is 482 g/mol. The molecule has 1 aliphatic rings. The Kier molecular flexibility index (Phi) is 6.14. The van der Waals surface area contributed by atoms with Crippen molar-refractivity contribution in [2.45, 2.75) is 26.2 Å². The Labute approximate surface area is 208 Å². The first-order valence-corrected chi connectivity index (χ1v) is 12.6. The lowest BCUT2D eigenvalue weighted by atomic mass is 9.90. The Morgan fingerprint density at radius 3 is 2.46 bits per heavy atom. The van der Waals surface area contributed by atoms with Gasteiger partial charge < -0.3 is 16.4 Å². The first-order valence-electron chi connectivity index (χ1n) is 11.8. The lowest BCUT2D eigenvalue weighted by molar-refractivity contribution is 0.0696. The number of nitriles is 1. The molecule has 0 bridgehead atoms. The molecule has 1 amide bonds. The number of pyridine rings is 1. The summed E-state index contributed by atoms with van der Waals surface area (Å²) in [4.78, 5) is 20.9. The highest BCUT2D eigenvalue weighted by atomic mass is 32.1. The SMILES string of the molecule is Cc1ccc(-c2c(C#N)c(N)nc3sc(C(=O)N4CCC(Cc5ccccc5)CC4)c(N)c23)cc1. The number of rotatable bonds is 4. The minimum Gasteiger partial charge on any atom is -0.397 e. The van der Waals surface area contributed by atoms with E-state index < -0.39 is 0 Å². The Morgan fingerprint density at radius 1 is 1.11 bits per heavy atom. The Balaban J connectivity index is 1.45. The van der Waals surface area contributed by atoms with Crippen molar-refractivity contribution in [2.24, 2.45) is 5.92 Å². The number of nitrogen functional groups attached to an aromatic ring is 2. The second-order valence-electron chi connectivity index (χ2n) is 9.18. The molecular formula is C28H27N5OS. The molecule has 6 nitrogen and oxygen atoms in total. The second-order valence-corrected chi connectivity index (χ2v) is 10.2. The smallest absolute Gasteiger partial charge is 0.266 e. The monoisotopic (exact) mass is 481 g/mol. The van der Waals surface area contributed by atoms with Crippen molar-refractivity contribution >= 4 is 39.0 Å². The number of amides is 1. The summed E-state index contributed by atoms with van der Waals surface area (Å²) in [5.74, 6) is 0.641. The molecule has 5 rings (SSSR count). The van der Waals surface area contributed by atoms with E-state index >= 15 is 0 Å². The highest BCUT2D eigenvalue weighted by Crippen LogP contribution is 2.43. The van der Waals surface area contributed by atoms with Crippen LogP contribution in [-0.4, -0.2) is 28.9 Å². The molecule has 0 saturated carbocycles. The van der Waals surface area contributed by atoms with Crippen LogP contribution in [0.5, 0.6) is 0 Å². The van der Waals surface area contributed by atoms with E-state index in [2.05, 4.69) is 35.3 Å². The molecule has 0 radical (unpaired) electrons. The Bertz CT molecular complexity index is 1430. The molecule has 0 unspecified atom stereocenters. The third-order valence-corrected chi connectivity index (χ3v) is 7.91. The fraction of sp³-hybridized carbons (Fsp3) is 0.250. The molecule has 3 heterocycles. The van der Waals surface area contributed by atoms with Gasteiger partial charge in [-0.1, -0.05) is 60.2 Å². The number of aromatic nitrogens is 1. The number of thiophene rings is 1. The number of benzene rings is 2. The van der Waals surface area contributed by atoms with Crippen molar-refractivity contribution in [3.05, 3.63) is 76.2 Å². The second kappa shape index (κ2) is 9.40. The standard InChI is InChI=1S/C28H27N5OS/c1-17-7-9-20(10-8-17)22-21(16-29)26(31)32-27-23(22)24(30)25(35-27)28(34)33-13-11-19(12-14-33)15-18-5-3-2-4-6-18/h2-10,19H,11-15,30H2,1H3,(H2,31,32). The summed E-state index contributed by atoms with van der Waals surface area (Å²) in [6.07, 6.45) is 2.96. The quantitative estimate of drug-likeness (QED) is 0.405. The minimum absolute atomic E-state index is 0.0735. The first kappa shape index (κ1) is 22.9. The van der Waals surface area contributed by atoms with Gasteiger partial charge in [0.25, 0.3) is 5.91 Å². The molecule has 0 atom stereocenters. The van der Waals surface area contributed by atoms with Crippen LogP contribution < -0.4 is 11.5 Å². The van der Waals surface area contributed by atoms with Crippen molar-refractivity contribution in [3.8, 4) is 17.2 Å². The summed E-state index contributed by atoms with van der Waals surface area (Å²) in [5, 5.41) is 10.5. The topological polar surface area (TPSA) is 109 Å². The van der Waals surface area contributed by atoms with E-state index in [1.165, 1.54) is 16.9 Å². The minimum atomic E-state index is -0.0735. The van der Waals surface area contributed by atoms with Crippen molar-refractivity contribution < 1.29 is 4.79 Å². The number of nitrogens with zero attached hydrogens (tertiary/aromatic N) is 3. The average Bonchev–Trinajstić information content (AvgIpc) is 3.20. The third kappa shape index (κ3) is 4.33. The van der Waals surface area contributed by atoms with E-state index in [-0.39, 0.29) is 17.3 Å². The van der Waals surface area contributed by atoms with E-state index in [9.17, 15) is 10.1 Å². The molecule has 2 aromatic heterocycles. The maximum Gasteiger partial charge on any atom is 0.266 e. The van der Waals surface area contributed by atoms with Crippen LogP contribution in [0.4, 0.5) is 11.5 Å². The van der Waals surface area contributed by atoms with E-state index in [1.54, 1.807) is 0 Å². The predicted molar refractivity (Wildman–Crippen MR) is 142 cm³/mol. The summed E-state index contributed by atoms with van der Waals surface area (Å²) < 4.78 is 0. The number of hydrogen-bond acceptors (Lipinski definition) is 6. The maximum absolute atomic E-state index is 13.5. The number of piperidine rings is 1. The Hall–Kier alpha value is -3.89. The van der Waals surface area contributed by atoms with Gasteiger partial charge in [0, 0.05) is 24.0 Å². The van der Waals surface area contributed by atoms with Crippen molar-refractivity contribution in [2.75, 3.05) is 24.6 Å². The van der Waals surface area contributed by atoms with E-state index in [0.29, 0.717) is 45.4 Å². The molecule has 0 aliphatic carbocycles.